The molecule has 0 aliphatic carbocycles. The van der Waals surface area contributed by atoms with Crippen LogP contribution in [0.5, 0.6) is 0 Å². The third-order valence-electron chi connectivity index (χ3n) is 4.11. The molecule has 0 amide bonds. The van der Waals surface area contributed by atoms with Crippen molar-refractivity contribution >= 4 is 19.8 Å². The van der Waals surface area contributed by atoms with E-state index in [1.165, 1.54) is 24.3 Å². The van der Waals surface area contributed by atoms with Gasteiger partial charge < -0.3 is 0 Å². The molecule has 0 aliphatic heterocycles. The topological polar surface area (TPSA) is 63.6 Å². The molecule has 0 heterocycles. The highest BCUT2D eigenvalue weighted by atomic mass is 32.3. The zero-order chi connectivity index (χ0) is 22.7. The molecule has 3 rings (SSSR count). The number of sulfonamides is 1. The minimum atomic E-state index is -4.71. The van der Waals surface area contributed by atoms with E-state index in [-0.39, 0.29) is 4.90 Å². The average Bonchev–Trinajstić information content (AvgIpc) is 2.72. The van der Waals surface area contributed by atoms with Gasteiger partial charge in [-0.1, -0.05) is 51.7 Å². The highest BCUT2D eigenvalue weighted by Gasteiger charge is 2.31. The fraction of sp³-hybridized carbons (Fsp3) is 0.0909. The molecule has 4 nitrogen and oxygen atoms in total. The van der Waals surface area contributed by atoms with E-state index in [0.717, 1.165) is 23.8 Å². The fourth-order valence-electron chi connectivity index (χ4n) is 2.51. The van der Waals surface area contributed by atoms with Gasteiger partial charge in [-0.2, -0.15) is 21.6 Å². The van der Waals surface area contributed by atoms with Crippen LogP contribution in [0, 0.1) is 18.1 Å². The quantitative estimate of drug-likeness (QED) is 0.499. The van der Waals surface area contributed by atoms with E-state index < -0.39 is 36.4 Å². The van der Waals surface area contributed by atoms with Gasteiger partial charge in [-0.25, -0.2) is 4.21 Å². The van der Waals surface area contributed by atoms with Crippen molar-refractivity contribution in [3.63, 3.8) is 0 Å². The standard InChI is InChI=1S/C22H16F3NO3S2/c1-17-10-12-20(13-11-17)31(28,29)26-30(27,15-14-18-6-3-2-4-7-18)21-9-5-8-19(16-21)22(23,24)25/h2-13,16H,1H3. The summed E-state index contributed by atoms with van der Waals surface area (Å²) in [5.41, 5.74) is 0.119. The molecule has 0 saturated heterocycles. The highest BCUT2D eigenvalue weighted by molar-refractivity contribution is 8.06. The Kier molecular flexibility index (Phi) is 6.25. The van der Waals surface area contributed by atoms with Crippen LogP contribution in [0.2, 0.25) is 0 Å². The lowest BCUT2D eigenvalue weighted by molar-refractivity contribution is -0.137. The minimum absolute atomic E-state index is 0.237. The Morgan fingerprint density at radius 2 is 1.45 bits per heavy atom. The molecule has 0 spiro atoms. The predicted octanol–water partition coefficient (Wildman–Crippen LogP) is 5.24. The Morgan fingerprint density at radius 3 is 2.06 bits per heavy atom. The average molecular weight is 464 g/mol. The predicted molar refractivity (Wildman–Crippen MR) is 112 cm³/mol. The number of nitrogens with zero attached hydrogens (tertiary/aromatic N) is 1. The molecule has 31 heavy (non-hydrogen) atoms. The van der Waals surface area contributed by atoms with Crippen LogP contribution in [0.1, 0.15) is 16.7 Å². The van der Waals surface area contributed by atoms with Crippen molar-refractivity contribution in [2.75, 3.05) is 0 Å². The molecular formula is C22H16F3NO3S2. The Labute approximate surface area is 179 Å². The van der Waals surface area contributed by atoms with Crippen LogP contribution >= 0.6 is 0 Å². The van der Waals surface area contributed by atoms with Crippen molar-refractivity contribution in [1.29, 1.82) is 0 Å². The first-order chi connectivity index (χ1) is 14.5. The van der Waals surface area contributed by atoms with Crippen LogP contribution in [-0.4, -0.2) is 12.6 Å². The van der Waals surface area contributed by atoms with Crippen molar-refractivity contribution in [3.8, 4) is 11.2 Å². The smallest absolute Gasteiger partial charge is 0.230 e. The van der Waals surface area contributed by atoms with Gasteiger partial charge in [-0.3, -0.25) is 0 Å². The number of benzene rings is 3. The van der Waals surface area contributed by atoms with Crippen molar-refractivity contribution in [1.82, 2.24) is 0 Å². The monoisotopic (exact) mass is 463 g/mol. The van der Waals surface area contributed by atoms with Gasteiger partial charge in [0.1, 0.15) is 0 Å². The van der Waals surface area contributed by atoms with Crippen LogP contribution < -0.4 is 0 Å². The molecule has 0 aromatic heterocycles. The molecule has 0 aliphatic rings. The van der Waals surface area contributed by atoms with E-state index in [1.807, 2.05) is 0 Å². The third kappa shape index (κ3) is 5.54. The third-order valence-corrected chi connectivity index (χ3v) is 7.87. The summed E-state index contributed by atoms with van der Waals surface area (Å²) in [6, 6.07) is 17.4. The minimum Gasteiger partial charge on any atom is -0.230 e. The maximum atomic E-state index is 13.6. The van der Waals surface area contributed by atoms with Gasteiger partial charge >= 0.3 is 6.18 Å². The zero-order valence-corrected chi connectivity index (χ0v) is 17.8. The number of alkyl halides is 3. The van der Waals surface area contributed by atoms with E-state index in [0.29, 0.717) is 11.6 Å². The molecule has 0 radical (unpaired) electrons. The van der Waals surface area contributed by atoms with Gasteiger partial charge in [-0.05, 0) is 49.4 Å². The maximum absolute atomic E-state index is 13.6. The van der Waals surface area contributed by atoms with Crippen LogP contribution in [0.15, 0.2) is 92.4 Å². The summed E-state index contributed by atoms with van der Waals surface area (Å²) in [6.07, 6.45) is -4.71. The number of rotatable bonds is 3. The number of hydrogen-bond acceptors (Lipinski definition) is 3. The van der Waals surface area contributed by atoms with Crippen molar-refractivity contribution < 1.29 is 25.8 Å². The normalized spacial score (nSPS) is 13.5. The van der Waals surface area contributed by atoms with Crippen molar-refractivity contribution in [2.45, 2.75) is 22.9 Å². The molecule has 160 valence electrons. The van der Waals surface area contributed by atoms with E-state index in [1.54, 1.807) is 37.3 Å². The van der Waals surface area contributed by atoms with Crippen molar-refractivity contribution in [3.05, 3.63) is 95.6 Å². The summed E-state index contributed by atoms with van der Waals surface area (Å²) in [7, 11) is -8.56. The summed E-state index contributed by atoms with van der Waals surface area (Å²) in [5, 5.41) is 2.31. The summed E-state index contributed by atoms with van der Waals surface area (Å²) in [6.45, 7) is 1.75. The highest BCUT2D eigenvalue weighted by Crippen LogP contribution is 2.31. The summed E-state index contributed by atoms with van der Waals surface area (Å²) >= 11 is 0. The molecule has 0 saturated carbocycles. The number of aryl methyl sites for hydroxylation is 1. The molecule has 0 fully saturated rings. The van der Waals surface area contributed by atoms with Crippen molar-refractivity contribution in [2.24, 2.45) is 3.77 Å². The van der Waals surface area contributed by atoms with Gasteiger partial charge in [0.25, 0.3) is 10.0 Å². The Morgan fingerprint density at radius 1 is 0.806 bits per heavy atom. The number of halogens is 3. The summed E-state index contributed by atoms with van der Waals surface area (Å²) in [5.74, 6) is 2.56. The van der Waals surface area contributed by atoms with Gasteiger partial charge in [0.2, 0.25) is 0 Å². The Hall–Kier alpha value is -3.09. The van der Waals surface area contributed by atoms with E-state index in [4.69, 9.17) is 0 Å². The second-order valence-corrected chi connectivity index (χ2v) is 10.3. The molecule has 9 heteroatoms. The van der Waals surface area contributed by atoms with Gasteiger partial charge in [-0.15, -0.1) is 0 Å². The largest absolute Gasteiger partial charge is 0.416 e. The molecule has 3 aromatic carbocycles. The van der Waals surface area contributed by atoms with Crippen LogP contribution in [0.25, 0.3) is 0 Å². The lowest BCUT2D eigenvalue weighted by Gasteiger charge is -2.09. The summed E-state index contributed by atoms with van der Waals surface area (Å²) in [4.78, 5) is -0.680. The zero-order valence-electron chi connectivity index (χ0n) is 16.1. The fourth-order valence-corrected chi connectivity index (χ4v) is 5.85. The van der Waals surface area contributed by atoms with Gasteiger partial charge in [0, 0.05) is 10.8 Å². The lowest BCUT2D eigenvalue weighted by Crippen LogP contribution is -2.08. The first kappa shape index (κ1) is 22.6. The van der Waals surface area contributed by atoms with E-state index in [2.05, 4.69) is 14.9 Å². The van der Waals surface area contributed by atoms with Gasteiger partial charge in [0.15, 0.2) is 9.73 Å². The Bertz CT molecular complexity index is 1380. The molecule has 1 unspecified atom stereocenters. The maximum Gasteiger partial charge on any atom is 0.416 e. The first-order valence-corrected chi connectivity index (χ1v) is 11.8. The second kappa shape index (κ2) is 8.57. The van der Waals surface area contributed by atoms with Crippen LogP contribution in [0.4, 0.5) is 13.2 Å². The molecule has 1 atom stereocenters. The SMILES string of the molecule is Cc1ccc(S(=O)(=O)N=S(=O)(C#Cc2ccccc2)c2cccc(C(F)(F)F)c2)cc1. The number of hydrogen-bond donors (Lipinski definition) is 0. The van der Waals surface area contributed by atoms with E-state index in [9.17, 15) is 25.8 Å². The van der Waals surface area contributed by atoms with Crippen LogP contribution in [-0.2, 0) is 25.9 Å². The summed E-state index contributed by atoms with van der Waals surface area (Å²) < 4.78 is 82.2. The molecular weight excluding hydrogens is 447 g/mol. The first-order valence-electron chi connectivity index (χ1n) is 8.85. The lowest BCUT2D eigenvalue weighted by atomic mass is 10.2. The second-order valence-electron chi connectivity index (χ2n) is 6.51. The van der Waals surface area contributed by atoms with Crippen LogP contribution in [0.3, 0.4) is 0 Å². The van der Waals surface area contributed by atoms with E-state index >= 15 is 0 Å². The van der Waals surface area contributed by atoms with Gasteiger partial charge in [0.05, 0.1) is 15.4 Å². The molecule has 0 bridgehead atoms. The Balaban J connectivity index is 2.25. The molecule has 0 N–H and O–H groups in total. The molecule has 3 aromatic rings.